The number of anilines is 2. The van der Waals surface area contributed by atoms with Crippen molar-refractivity contribution in [1.82, 2.24) is 4.98 Å². The van der Waals surface area contributed by atoms with Gasteiger partial charge in [-0.05, 0) is 44.7 Å². The van der Waals surface area contributed by atoms with Gasteiger partial charge in [-0.1, -0.05) is 6.07 Å². The van der Waals surface area contributed by atoms with Crippen LogP contribution in [0.25, 0.3) is 0 Å². The minimum Gasteiger partial charge on any atom is -0.370 e. The summed E-state index contributed by atoms with van der Waals surface area (Å²) < 4.78 is 0. The monoisotopic (exact) mass is 219 g/mol. The molecule has 1 heterocycles. The maximum absolute atomic E-state index is 4.61. The van der Waals surface area contributed by atoms with Crippen molar-refractivity contribution in [1.29, 1.82) is 0 Å². The van der Waals surface area contributed by atoms with E-state index in [1.165, 1.54) is 12.8 Å². The van der Waals surface area contributed by atoms with Gasteiger partial charge in [0.15, 0.2) is 0 Å². The van der Waals surface area contributed by atoms with E-state index in [2.05, 4.69) is 48.2 Å². The van der Waals surface area contributed by atoms with Gasteiger partial charge in [0, 0.05) is 19.6 Å². The number of rotatable bonds is 5. The van der Waals surface area contributed by atoms with Gasteiger partial charge in [0.05, 0.1) is 0 Å². The molecule has 0 spiro atoms. The number of pyridine rings is 1. The van der Waals surface area contributed by atoms with Crippen molar-refractivity contribution in [3.63, 3.8) is 0 Å². The van der Waals surface area contributed by atoms with E-state index in [0.29, 0.717) is 6.04 Å². The lowest BCUT2D eigenvalue weighted by Crippen LogP contribution is -2.31. The van der Waals surface area contributed by atoms with Crippen LogP contribution in [0.4, 0.5) is 11.6 Å². The van der Waals surface area contributed by atoms with Crippen molar-refractivity contribution >= 4 is 11.6 Å². The molecule has 1 saturated carbocycles. The average molecular weight is 219 g/mol. The van der Waals surface area contributed by atoms with Gasteiger partial charge in [0.1, 0.15) is 11.6 Å². The molecule has 1 atom stereocenters. The van der Waals surface area contributed by atoms with Gasteiger partial charge in [-0.15, -0.1) is 0 Å². The molecule has 1 N–H and O–H groups in total. The number of hydrogen-bond donors (Lipinski definition) is 1. The second-order valence-corrected chi connectivity index (χ2v) is 4.60. The first-order chi connectivity index (χ1) is 7.72. The van der Waals surface area contributed by atoms with Crippen molar-refractivity contribution in [2.24, 2.45) is 5.92 Å². The Hall–Kier alpha value is -1.25. The summed E-state index contributed by atoms with van der Waals surface area (Å²) in [6.45, 7) is 5.29. The van der Waals surface area contributed by atoms with E-state index in [1.807, 2.05) is 6.07 Å². The molecule has 2 rings (SSSR count). The molecule has 1 aromatic rings. The van der Waals surface area contributed by atoms with Crippen molar-refractivity contribution < 1.29 is 0 Å². The summed E-state index contributed by atoms with van der Waals surface area (Å²) >= 11 is 0. The van der Waals surface area contributed by atoms with Crippen LogP contribution in [-0.2, 0) is 0 Å². The molecule has 16 heavy (non-hydrogen) atoms. The van der Waals surface area contributed by atoms with Gasteiger partial charge in [0.25, 0.3) is 0 Å². The normalized spacial score (nSPS) is 16.9. The highest BCUT2D eigenvalue weighted by Crippen LogP contribution is 2.35. The first kappa shape index (κ1) is 11.2. The molecule has 1 aliphatic carbocycles. The second kappa shape index (κ2) is 4.73. The highest BCUT2D eigenvalue weighted by molar-refractivity contribution is 5.47. The van der Waals surface area contributed by atoms with E-state index in [1.54, 1.807) is 0 Å². The van der Waals surface area contributed by atoms with E-state index < -0.39 is 0 Å². The second-order valence-electron chi connectivity index (χ2n) is 4.60. The first-order valence-electron chi connectivity index (χ1n) is 6.16. The highest BCUT2D eigenvalue weighted by atomic mass is 15.2. The summed E-state index contributed by atoms with van der Waals surface area (Å²) in [6.07, 6.45) is 2.75. The summed E-state index contributed by atoms with van der Waals surface area (Å²) in [7, 11) is 2.14. The van der Waals surface area contributed by atoms with Crippen LogP contribution < -0.4 is 10.2 Å². The minimum atomic E-state index is 0.601. The Bertz CT molecular complexity index is 347. The molecule has 88 valence electrons. The van der Waals surface area contributed by atoms with E-state index in [-0.39, 0.29) is 0 Å². The summed E-state index contributed by atoms with van der Waals surface area (Å²) in [6, 6.07) is 6.77. The largest absolute Gasteiger partial charge is 0.370 e. The highest BCUT2D eigenvalue weighted by Gasteiger charge is 2.30. The Morgan fingerprint density at radius 2 is 2.25 bits per heavy atom. The Balaban J connectivity index is 2.09. The van der Waals surface area contributed by atoms with Crippen molar-refractivity contribution in [3.8, 4) is 0 Å². The average Bonchev–Trinajstić information content (AvgIpc) is 3.12. The molecule has 0 saturated heterocycles. The molecule has 0 aromatic carbocycles. The van der Waals surface area contributed by atoms with Crippen LogP contribution in [-0.4, -0.2) is 24.6 Å². The number of aromatic nitrogens is 1. The van der Waals surface area contributed by atoms with Crippen LogP contribution in [0.2, 0.25) is 0 Å². The van der Waals surface area contributed by atoms with Gasteiger partial charge in [-0.25, -0.2) is 4.98 Å². The summed E-state index contributed by atoms with van der Waals surface area (Å²) in [5.74, 6) is 2.90. The Morgan fingerprint density at radius 1 is 1.50 bits per heavy atom. The maximum atomic E-state index is 4.61. The van der Waals surface area contributed by atoms with Crippen LogP contribution in [0.3, 0.4) is 0 Å². The number of hydrogen-bond acceptors (Lipinski definition) is 3. The van der Waals surface area contributed by atoms with E-state index in [4.69, 9.17) is 0 Å². The summed E-state index contributed by atoms with van der Waals surface area (Å²) in [5.41, 5.74) is 0. The zero-order chi connectivity index (χ0) is 11.5. The van der Waals surface area contributed by atoms with E-state index >= 15 is 0 Å². The maximum Gasteiger partial charge on any atom is 0.130 e. The minimum absolute atomic E-state index is 0.601. The van der Waals surface area contributed by atoms with Gasteiger partial charge >= 0.3 is 0 Å². The zero-order valence-corrected chi connectivity index (χ0v) is 10.4. The predicted molar refractivity (Wildman–Crippen MR) is 69.0 cm³/mol. The van der Waals surface area contributed by atoms with Gasteiger partial charge in [-0.2, -0.15) is 0 Å². The van der Waals surface area contributed by atoms with Crippen molar-refractivity contribution in [2.75, 3.05) is 23.8 Å². The van der Waals surface area contributed by atoms with Crippen LogP contribution in [0.5, 0.6) is 0 Å². The SMILES string of the molecule is CCNc1cccc(N(C)C(C)C2CC2)n1. The fourth-order valence-electron chi connectivity index (χ4n) is 2.00. The van der Waals surface area contributed by atoms with Gasteiger partial charge in [-0.3, -0.25) is 0 Å². The van der Waals surface area contributed by atoms with Crippen LogP contribution in [0, 0.1) is 5.92 Å². The molecule has 0 aliphatic heterocycles. The van der Waals surface area contributed by atoms with Gasteiger partial charge < -0.3 is 10.2 Å². The third-order valence-electron chi connectivity index (χ3n) is 3.37. The fraction of sp³-hybridized carbons (Fsp3) is 0.615. The Kier molecular flexibility index (Phi) is 3.32. The topological polar surface area (TPSA) is 28.2 Å². The van der Waals surface area contributed by atoms with Crippen LogP contribution >= 0.6 is 0 Å². The number of nitrogens with one attached hydrogen (secondary N) is 1. The Morgan fingerprint density at radius 3 is 2.88 bits per heavy atom. The predicted octanol–water partition coefficient (Wildman–Crippen LogP) is 2.75. The van der Waals surface area contributed by atoms with Gasteiger partial charge in [0.2, 0.25) is 0 Å². The molecular formula is C13H21N3. The molecule has 1 aliphatic rings. The van der Waals surface area contributed by atoms with Crippen LogP contribution in [0.1, 0.15) is 26.7 Å². The van der Waals surface area contributed by atoms with Crippen molar-refractivity contribution in [3.05, 3.63) is 18.2 Å². The molecule has 0 amide bonds. The molecular weight excluding hydrogens is 198 g/mol. The summed E-state index contributed by atoms with van der Waals surface area (Å²) in [5, 5.41) is 3.25. The lowest BCUT2D eigenvalue weighted by atomic mass is 10.2. The molecule has 0 bridgehead atoms. The lowest BCUT2D eigenvalue weighted by molar-refractivity contribution is 0.604. The molecule has 0 radical (unpaired) electrons. The molecule has 1 fully saturated rings. The fourth-order valence-corrected chi connectivity index (χ4v) is 2.00. The molecule has 3 heteroatoms. The van der Waals surface area contributed by atoms with Crippen LogP contribution in [0.15, 0.2) is 18.2 Å². The zero-order valence-electron chi connectivity index (χ0n) is 10.4. The van der Waals surface area contributed by atoms with E-state index in [0.717, 1.165) is 24.1 Å². The van der Waals surface area contributed by atoms with Crippen molar-refractivity contribution in [2.45, 2.75) is 32.7 Å². The molecule has 3 nitrogen and oxygen atoms in total. The first-order valence-corrected chi connectivity index (χ1v) is 6.16. The standard InChI is InChI=1S/C13H21N3/c1-4-14-12-6-5-7-13(15-12)16(3)10(2)11-8-9-11/h5-7,10-11H,4,8-9H2,1-3H3,(H,14,15). The third kappa shape index (κ3) is 2.46. The molecule has 1 aromatic heterocycles. The molecule has 1 unspecified atom stereocenters. The third-order valence-corrected chi connectivity index (χ3v) is 3.37. The Labute approximate surface area is 97.9 Å². The number of nitrogens with zero attached hydrogens (tertiary/aromatic N) is 2. The smallest absolute Gasteiger partial charge is 0.130 e. The summed E-state index contributed by atoms with van der Waals surface area (Å²) in [4.78, 5) is 6.90. The quantitative estimate of drug-likeness (QED) is 0.825. The lowest BCUT2D eigenvalue weighted by Gasteiger charge is -2.26. The van der Waals surface area contributed by atoms with E-state index in [9.17, 15) is 0 Å².